The fraction of sp³-hybridized carbons (Fsp3) is 0.333. The number of para-hydroxylation sites is 1. The molecule has 0 spiro atoms. The molecule has 3 aromatic rings. The Morgan fingerprint density at radius 2 is 1.96 bits per heavy atom. The molecule has 0 saturated carbocycles. The summed E-state index contributed by atoms with van der Waals surface area (Å²) < 4.78 is 1.26. The summed E-state index contributed by atoms with van der Waals surface area (Å²) in [5.41, 5.74) is 2.37. The monoisotopic (exact) mass is 335 g/mol. The van der Waals surface area contributed by atoms with E-state index in [4.69, 9.17) is 10.2 Å². The number of piperidine rings is 1. The van der Waals surface area contributed by atoms with Crippen LogP contribution in [0.5, 0.6) is 0 Å². The van der Waals surface area contributed by atoms with Crippen molar-refractivity contribution < 1.29 is 0 Å². The highest BCUT2D eigenvalue weighted by atomic mass is 32.1. The van der Waals surface area contributed by atoms with Crippen molar-refractivity contribution in [3.8, 4) is 6.07 Å². The van der Waals surface area contributed by atoms with Crippen LogP contribution in [0.1, 0.15) is 35.2 Å². The summed E-state index contributed by atoms with van der Waals surface area (Å²) in [6.45, 7) is 3.70. The number of aryl methyl sites for hydroxylation is 1. The predicted molar refractivity (Wildman–Crippen MR) is 95.3 cm³/mol. The van der Waals surface area contributed by atoms with Crippen molar-refractivity contribution in [1.29, 1.82) is 5.26 Å². The number of nitriles is 1. The van der Waals surface area contributed by atoms with Gasteiger partial charge < -0.3 is 4.90 Å². The number of aromatic nitrogens is 3. The minimum atomic E-state index is 0.436. The first-order valence-corrected chi connectivity index (χ1v) is 8.91. The fourth-order valence-electron chi connectivity index (χ4n) is 3.14. The molecule has 2 aromatic heterocycles. The molecule has 0 atom stereocenters. The molecule has 1 aliphatic rings. The van der Waals surface area contributed by atoms with Gasteiger partial charge in [0.15, 0.2) is 0 Å². The van der Waals surface area contributed by atoms with Crippen LogP contribution in [0.2, 0.25) is 0 Å². The third-order valence-corrected chi connectivity index (χ3v) is 5.59. The number of anilines is 1. The largest absolute Gasteiger partial charge is 0.341 e. The smallest absolute Gasteiger partial charge is 0.226 e. The first-order chi connectivity index (χ1) is 11.7. The first kappa shape index (κ1) is 15.0. The van der Waals surface area contributed by atoms with Crippen molar-refractivity contribution in [2.45, 2.75) is 25.7 Å². The third-order valence-electron chi connectivity index (χ3n) is 4.39. The number of thiazole rings is 1. The Labute approximate surface area is 144 Å². The average Bonchev–Trinajstić information content (AvgIpc) is 3.05. The van der Waals surface area contributed by atoms with E-state index >= 15 is 0 Å². The highest BCUT2D eigenvalue weighted by molar-refractivity contribution is 7.18. The zero-order valence-electron chi connectivity index (χ0n) is 13.4. The molecule has 0 N–H and O–H groups in total. The Kier molecular flexibility index (Phi) is 3.87. The van der Waals surface area contributed by atoms with Crippen molar-refractivity contribution in [3.05, 3.63) is 46.7 Å². The van der Waals surface area contributed by atoms with Crippen molar-refractivity contribution >= 4 is 27.5 Å². The first-order valence-electron chi connectivity index (χ1n) is 8.09. The van der Waals surface area contributed by atoms with Gasteiger partial charge in [-0.25, -0.2) is 15.0 Å². The summed E-state index contributed by atoms with van der Waals surface area (Å²) in [6, 6.07) is 12.1. The Balaban J connectivity index is 1.50. The molecule has 0 amide bonds. The van der Waals surface area contributed by atoms with Crippen LogP contribution in [0.15, 0.2) is 30.3 Å². The van der Waals surface area contributed by atoms with E-state index in [2.05, 4.69) is 39.1 Å². The molecule has 24 heavy (non-hydrogen) atoms. The number of nitrogens with zero attached hydrogens (tertiary/aromatic N) is 5. The Morgan fingerprint density at radius 1 is 1.17 bits per heavy atom. The number of benzene rings is 1. The van der Waals surface area contributed by atoms with Crippen molar-refractivity contribution in [2.75, 3.05) is 18.0 Å². The zero-order valence-corrected chi connectivity index (χ0v) is 14.3. The quantitative estimate of drug-likeness (QED) is 0.715. The Hall–Kier alpha value is -2.52. The Morgan fingerprint density at radius 3 is 2.71 bits per heavy atom. The highest BCUT2D eigenvalue weighted by Gasteiger charge is 2.25. The summed E-state index contributed by atoms with van der Waals surface area (Å²) in [5.74, 6) is 1.17. The van der Waals surface area contributed by atoms with E-state index in [0.717, 1.165) is 37.1 Å². The molecule has 0 radical (unpaired) electrons. The highest BCUT2D eigenvalue weighted by Crippen LogP contribution is 2.34. The second kappa shape index (κ2) is 6.17. The van der Waals surface area contributed by atoms with Gasteiger partial charge in [0, 0.05) is 24.7 Å². The van der Waals surface area contributed by atoms with Gasteiger partial charge in [0.25, 0.3) is 0 Å². The molecule has 3 heterocycles. The molecule has 1 aromatic carbocycles. The van der Waals surface area contributed by atoms with Crippen LogP contribution >= 0.6 is 11.3 Å². The molecule has 6 heteroatoms. The molecule has 1 saturated heterocycles. The molecule has 0 unspecified atom stereocenters. The lowest BCUT2D eigenvalue weighted by Crippen LogP contribution is -2.34. The molecule has 4 rings (SSSR count). The van der Waals surface area contributed by atoms with Gasteiger partial charge in [-0.1, -0.05) is 12.1 Å². The summed E-state index contributed by atoms with van der Waals surface area (Å²) in [5, 5.41) is 10.3. The second-order valence-corrected chi connectivity index (χ2v) is 7.15. The van der Waals surface area contributed by atoms with Gasteiger partial charge >= 0.3 is 0 Å². The zero-order chi connectivity index (χ0) is 16.5. The van der Waals surface area contributed by atoms with E-state index in [1.807, 2.05) is 13.0 Å². The molecular formula is C18H17N5S. The minimum absolute atomic E-state index is 0.436. The van der Waals surface area contributed by atoms with E-state index in [1.165, 1.54) is 9.71 Å². The van der Waals surface area contributed by atoms with Crippen molar-refractivity contribution in [1.82, 2.24) is 15.0 Å². The molecule has 1 aliphatic heterocycles. The number of rotatable bonds is 2. The van der Waals surface area contributed by atoms with Gasteiger partial charge in [0.1, 0.15) is 11.8 Å². The summed E-state index contributed by atoms with van der Waals surface area (Å²) in [4.78, 5) is 15.8. The lowest BCUT2D eigenvalue weighted by atomic mass is 9.98. The average molecular weight is 335 g/mol. The third kappa shape index (κ3) is 2.83. The van der Waals surface area contributed by atoms with Gasteiger partial charge in [0.05, 0.1) is 15.2 Å². The van der Waals surface area contributed by atoms with E-state index in [0.29, 0.717) is 17.6 Å². The normalized spacial score (nSPS) is 15.6. The number of fused-ring (bicyclic) bond motifs is 1. The molecule has 120 valence electrons. The van der Waals surface area contributed by atoms with E-state index in [9.17, 15) is 0 Å². The molecule has 5 nitrogen and oxygen atoms in total. The maximum absolute atomic E-state index is 9.08. The van der Waals surface area contributed by atoms with E-state index in [-0.39, 0.29) is 0 Å². The summed E-state index contributed by atoms with van der Waals surface area (Å²) in [7, 11) is 0. The molecular weight excluding hydrogens is 318 g/mol. The van der Waals surface area contributed by atoms with E-state index < -0.39 is 0 Å². The number of hydrogen-bond donors (Lipinski definition) is 0. The number of hydrogen-bond acceptors (Lipinski definition) is 6. The summed E-state index contributed by atoms with van der Waals surface area (Å²) >= 11 is 1.81. The molecule has 0 bridgehead atoms. The minimum Gasteiger partial charge on any atom is -0.341 e. The van der Waals surface area contributed by atoms with Crippen LogP contribution in [0.3, 0.4) is 0 Å². The Bertz CT molecular complexity index is 886. The van der Waals surface area contributed by atoms with Crippen LogP contribution in [-0.2, 0) is 0 Å². The lowest BCUT2D eigenvalue weighted by molar-refractivity contribution is 0.498. The predicted octanol–water partition coefficient (Wildman–Crippen LogP) is 3.65. The van der Waals surface area contributed by atoms with Crippen LogP contribution in [0.25, 0.3) is 10.2 Å². The van der Waals surface area contributed by atoms with Crippen LogP contribution in [-0.4, -0.2) is 28.0 Å². The maximum atomic E-state index is 9.08. The standard InChI is InChI=1S/C18H17N5S/c1-12-10-14(11-19)21-18(20-12)23-8-6-13(7-9-23)17-22-15-4-2-3-5-16(15)24-17/h2-5,10,13H,6-9H2,1H3. The van der Waals surface area contributed by atoms with Crippen LogP contribution in [0, 0.1) is 18.3 Å². The second-order valence-electron chi connectivity index (χ2n) is 6.09. The van der Waals surface area contributed by atoms with Crippen molar-refractivity contribution in [3.63, 3.8) is 0 Å². The maximum Gasteiger partial charge on any atom is 0.226 e. The SMILES string of the molecule is Cc1cc(C#N)nc(N2CCC(c3nc4ccccc4s3)CC2)n1. The van der Waals surface area contributed by atoms with Crippen LogP contribution in [0.4, 0.5) is 5.95 Å². The topological polar surface area (TPSA) is 65.7 Å². The van der Waals surface area contributed by atoms with E-state index in [1.54, 1.807) is 17.4 Å². The van der Waals surface area contributed by atoms with Crippen LogP contribution < -0.4 is 4.90 Å². The lowest BCUT2D eigenvalue weighted by Gasteiger charge is -2.31. The van der Waals surface area contributed by atoms with Gasteiger partial charge in [-0.15, -0.1) is 11.3 Å². The molecule has 1 fully saturated rings. The van der Waals surface area contributed by atoms with Gasteiger partial charge in [-0.05, 0) is 38.0 Å². The van der Waals surface area contributed by atoms with Gasteiger partial charge in [0.2, 0.25) is 5.95 Å². The van der Waals surface area contributed by atoms with Gasteiger partial charge in [-0.2, -0.15) is 5.26 Å². The molecule has 0 aliphatic carbocycles. The van der Waals surface area contributed by atoms with Gasteiger partial charge in [-0.3, -0.25) is 0 Å². The fourth-order valence-corrected chi connectivity index (χ4v) is 4.28. The van der Waals surface area contributed by atoms with Crippen molar-refractivity contribution in [2.24, 2.45) is 0 Å². The summed E-state index contributed by atoms with van der Waals surface area (Å²) in [6.07, 6.45) is 2.08.